The van der Waals surface area contributed by atoms with Crippen LogP contribution in [0.25, 0.3) is 0 Å². The third-order valence-corrected chi connectivity index (χ3v) is 3.45. The van der Waals surface area contributed by atoms with Crippen LogP contribution in [0.3, 0.4) is 0 Å². The SMILES string of the molecule is CNC(Cc1cccc(OC)c1)c1cc(C)ccc1F. The van der Waals surface area contributed by atoms with Gasteiger partial charge < -0.3 is 10.1 Å². The molecule has 0 aliphatic rings. The first-order chi connectivity index (χ1) is 9.63. The molecule has 0 fully saturated rings. The zero-order valence-corrected chi connectivity index (χ0v) is 12.1. The first-order valence-electron chi connectivity index (χ1n) is 6.70. The van der Waals surface area contributed by atoms with Crippen molar-refractivity contribution in [3.05, 3.63) is 65.0 Å². The lowest BCUT2D eigenvalue weighted by Crippen LogP contribution is -2.20. The fraction of sp³-hybridized carbons (Fsp3) is 0.294. The second-order valence-electron chi connectivity index (χ2n) is 4.92. The molecule has 0 aromatic heterocycles. The zero-order chi connectivity index (χ0) is 14.5. The summed E-state index contributed by atoms with van der Waals surface area (Å²) < 4.78 is 19.2. The van der Waals surface area contributed by atoms with Crippen molar-refractivity contribution in [3.63, 3.8) is 0 Å². The van der Waals surface area contributed by atoms with Gasteiger partial charge in [0.05, 0.1) is 7.11 Å². The van der Waals surface area contributed by atoms with Crippen LogP contribution in [0.5, 0.6) is 5.75 Å². The molecule has 0 saturated heterocycles. The van der Waals surface area contributed by atoms with Crippen LogP contribution in [-0.4, -0.2) is 14.2 Å². The monoisotopic (exact) mass is 273 g/mol. The van der Waals surface area contributed by atoms with E-state index in [9.17, 15) is 4.39 Å². The first kappa shape index (κ1) is 14.5. The number of rotatable bonds is 5. The molecule has 2 rings (SSSR count). The Balaban J connectivity index is 2.26. The largest absolute Gasteiger partial charge is 0.497 e. The number of methoxy groups -OCH3 is 1. The van der Waals surface area contributed by atoms with Crippen LogP contribution in [-0.2, 0) is 6.42 Å². The summed E-state index contributed by atoms with van der Waals surface area (Å²) in [5, 5.41) is 3.19. The van der Waals surface area contributed by atoms with Gasteiger partial charge in [0, 0.05) is 11.6 Å². The van der Waals surface area contributed by atoms with E-state index in [4.69, 9.17) is 4.74 Å². The Hall–Kier alpha value is -1.87. The van der Waals surface area contributed by atoms with Crippen molar-refractivity contribution in [2.24, 2.45) is 0 Å². The third-order valence-electron chi connectivity index (χ3n) is 3.45. The normalized spacial score (nSPS) is 12.2. The summed E-state index contributed by atoms with van der Waals surface area (Å²) in [7, 11) is 3.50. The number of halogens is 1. The van der Waals surface area contributed by atoms with Crippen molar-refractivity contribution in [1.82, 2.24) is 5.32 Å². The zero-order valence-electron chi connectivity index (χ0n) is 12.1. The minimum absolute atomic E-state index is 0.0537. The molecule has 2 nitrogen and oxygen atoms in total. The average Bonchev–Trinajstić information content (AvgIpc) is 2.47. The van der Waals surface area contributed by atoms with E-state index >= 15 is 0 Å². The van der Waals surface area contributed by atoms with Crippen molar-refractivity contribution in [3.8, 4) is 5.75 Å². The van der Waals surface area contributed by atoms with Crippen LogP contribution < -0.4 is 10.1 Å². The van der Waals surface area contributed by atoms with Gasteiger partial charge in [-0.3, -0.25) is 0 Å². The van der Waals surface area contributed by atoms with Gasteiger partial charge in [0.2, 0.25) is 0 Å². The molecular formula is C17H20FNO. The second kappa shape index (κ2) is 6.53. The molecule has 0 heterocycles. The molecule has 0 saturated carbocycles. The lowest BCUT2D eigenvalue weighted by molar-refractivity contribution is 0.414. The van der Waals surface area contributed by atoms with Gasteiger partial charge in [-0.2, -0.15) is 0 Å². The van der Waals surface area contributed by atoms with Crippen LogP contribution in [0.15, 0.2) is 42.5 Å². The summed E-state index contributed by atoms with van der Waals surface area (Å²) in [5.41, 5.74) is 2.88. The highest BCUT2D eigenvalue weighted by Crippen LogP contribution is 2.23. The summed E-state index contributed by atoms with van der Waals surface area (Å²) >= 11 is 0. The third kappa shape index (κ3) is 3.36. The van der Waals surface area contributed by atoms with E-state index in [1.807, 2.05) is 44.3 Å². The predicted molar refractivity (Wildman–Crippen MR) is 79.6 cm³/mol. The van der Waals surface area contributed by atoms with Crippen LogP contribution >= 0.6 is 0 Å². The van der Waals surface area contributed by atoms with Gasteiger partial charge in [-0.05, 0) is 44.2 Å². The van der Waals surface area contributed by atoms with Crippen LogP contribution in [0.4, 0.5) is 4.39 Å². The Morgan fingerprint density at radius 2 is 2.00 bits per heavy atom. The molecule has 2 aromatic carbocycles. The van der Waals surface area contributed by atoms with Gasteiger partial charge in [0.15, 0.2) is 0 Å². The van der Waals surface area contributed by atoms with Crippen LogP contribution in [0.2, 0.25) is 0 Å². The summed E-state index contributed by atoms with van der Waals surface area (Å²) in [6, 6.07) is 13.0. The van der Waals surface area contributed by atoms with E-state index in [0.717, 1.165) is 16.9 Å². The minimum Gasteiger partial charge on any atom is -0.497 e. The molecule has 1 unspecified atom stereocenters. The predicted octanol–water partition coefficient (Wildman–Crippen LogP) is 3.65. The van der Waals surface area contributed by atoms with Crippen molar-refractivity contribution >= 4 is 0 Å². The standard InChI is InChI=1S/C17H20FNO/c1-12-7-8-16(18)15(9-12)17(19-2)11-13-5-4-6-14(10-13)20-3/h4-10,17,19H,11H2,1-3H3. The lowest BCUT2D eigenvalue weighted by Gasteiger charge is -2.18. The molecule has 20 heavy (non-hydrogen) atoms. The highest BCUT2D eigenvalue weighted by Gasteiger charge is 2.15. The van der Waals surface area contributed by atoms with Crippen molar-refractivity contribution < 1.29 is 9.13 Å². The number of hydrogen-bond acceptors (Lipinski definition) is 2. The number of aryl methyl sites for hydroxylation is 1. The molecule has 1 atom stereocenters. The highest BCUT2D eigenvalue weighted by atomic mass is 19.1. The molecule has 0 spiro atoms. The van der Waals surface area contributed by atoms with E-state index < -0.39 is 0 Å². The Labute approximate surface area is 119 Å². The van der Waals surface area contributed by atoms with Crippen LogP contribution in [0.1, 0.15) is 22.7 Å². The molecule has 3 heteroatoms. The van der Waals surface area contributed by atoms with E-state index in [2.05, 4.69) is 5.32 Å². The van der Waals surface area contributed by atoms with E-state index in [1.165, 1.54) is 6.07 Å². The fourth-order valence-corrected chi connectivity index (χ4v) is 2.33. The van der Waals surface area contributed by atoms with Crippen LogP contribution in [0, 0.1) is 12.7 Å². The molecule has 0 amide bonds. The molecule has 0 aliphatic heterocycles. The number of hydrogen-bond donors (Lipinski definition) is 1. The maximum absolute atomic E-state index is 14.0. The summed E-state index contributed by atoms with van der Waals surface area (Å²) in [6.45, 7) is 1.97. The summed E-state index contributed by atoms with van der Waals surface area (Å²) in [4.78, 5) is 0. The molecular weight excluding hydrogens is 253 g/mol. The Morgan fingerprint density at radius 1 is 1.20 bits per heavy atom. The van der Waals surface area contributed by atoms with Gasteiger partial charge in [-0.25, -0.2) is 4.39 Å². The average molecular weight is 273 g/mol. The quantitative estimate of drug-likeness (QED) is 0.898. The summed E-state index contributed by atoms with van der Waals surface area (Å²) in [5.74, 6) is 0.653. The smallest absolute Gasteiger partial charge is 0.128 e. The van der Waals surface area contributed by atoms with E-state index in [-0.39, 0.29) is 11.9 Å². The molecule has 0 bridgehead atoms. The second-order valence-corrected chi connectivity index (χ2v) is 4.92. The molecule has 1 N–H and O–H groups in total. The van der Waals surface area contributed by atoms with Gasteiger partial charge in [0.25, 0.3) is 0 Å². The number of ether oxygens (including phenoxy) is 1. The molecule has 0 aliphatic carbocycles. The molecule has 106 valence electrons. The van der Waals surface area contributed by atoms with Gasteiger partial charge >= 0.3 is 0 Å². The maximum atomic E-state index is 14.0. The van der Waals surface area contributed by atoms with Gasteiger partial charge in [-0.1, -0.05) is 29.8 Å². The van der Waals surface area contributed by atoms with Crippen molar-refractivity contribution in [1.29, 1.82) is 0 Å². The van der Waals surface area contributed by atoms with Crippen molar-refractivity contribution in [2.75, 3.05) is 14.2 Å². The maximum Gasteiger partial charge on any atom is 0.128 e. The first-order valence-corrected chi connectivity index (χ1v) is 6.70. The molecule has 0 radical (unpaired) electrons. The molecule has 2 aromatic rings. The van der Waals surface area contributed by atoms with E-state index in [1.54, 1.807) is 13.2 Å². The van der Waals surface area contributed by atoms with E-state index in [0.29, 0.717) is 12.0 Å². The van der Waals surface area contributed by atoms with Crippen molar-refractivity contribution in [2.45, 2.75) is 19.4 Å². The lowest BCUT2D eigenvalue weighted by atomic mass is 9.97. The number of benzene rings is 2. The van der Waals surface area contributed by atoms with Gasteiger partial charge in [-0.15, -0.1) is 0 Å². The summed E-state index contributed by atoms with van der Waals surface area (Å²) in [6.07, 6.45) is 0.716. The fourth-order valence-electron chi connectivity index (χ4n) is 2.33. The van der Waals surface area contributed by atoms with Gasteiger partial charge in [0.1, 0.15) is 11.6 Å². The Morgan fingerprint density at radius 3 is 2.70 bits per heavy atom. The number of nitrogens with one attached hydrogen (secondary N) is 1. The Kier molecular flexibility index (Phi) is 4.74. The minimum atomic E-state index is -0.169. The highest BCUT2D eigenvalue weighted by molar-refractivity contribution is 5.32. The topological polar surface area (TPSA) is 21.3 Å². The Bertz CT molecular complexity index is 583. The number of likely N-dealkylation sites (N-methyl/N-ethyl adjacent to an activating group) is 1.